The Kier molecular flexibility index (Phi) is 3.69. The largest absolute Gasteiger partial charge is 0.213 e. The minimum atomic E-state index is -3.10. The van der Waals surface area contributed by atoms with E-state index >= 15 is 0 Å². The van der Waals surface area contributed by atoms with Crippen molar-refractivity contribution in [1.29, 1.82) is 0 Å². The molecule has 0 amide bonds. The van der Waals surface area contributed by atoms with E-state index in [0.717, 1.165) is 10.0 Å². The van der Waals surface area contributed by atoms with E-state index in [-0.39, 0.29) is 0 Å². The molecule has 14 heavy (non-hydrogen) atoms. The molecule has 0 aliphatic rings. The molecule has 0 atom stereocenters. The summed E-state index contributed by atoms with van der Waals surface area (Å²) in [5.74, 6) is 0. The van der Waals surface area contributed by atoms with Gasteiger partial charge in [0.25, 0.3) is 0 Å². The quantitative estimate of drug-likeness (QED) is 0.846. The number of benzene rings is 1. The van der Waals surface area contributed by atoms with E-state index in [1.165, 1.54) is 10.6 Å². The van der Waals surface area contributed by atoms with Gasteiger partial charge >= 0.3 is 0 Å². The summed E-state index contributed by atoms with van der Waals surface area (Å²) < 4.78 is 24.5. The van der Waals surface area contributed by atoms with Crippen LogP contribution in [-0.4, -0.2) is 26.0 Å². The summed E-state index contributed by atoms with van der Waals surface area (Å²) in [6.45, 7) is 0.401. The second kappa shape index (κ2) is 4.42. The van der Waals surface area contributed by atoms with Gasteiger partial charge in [-0.05, 0) is 17.7 Å². The maximum absolute atomic E-state index is 11.1. The summed E-state index contributed by atoms with van der Waals surface area (Å²) in [7, 11) is -1.53. The lowest BCUT2D eigenvalue weighted by atomic mass is 10.2. The van der Waals surface area contributed by atoms with E-state index in [0.29, 0.717) is 6.54 Å². The zero-order valence-corrected chi connectivity index (χ0v) is 10.5. The number of hydrogen-bond donors (Lipinski definition) is 0. The topological polar surface area (TPSA) is 37.4 Å². The zero-order chi connectivity index (χ0) is 10.8. The third-order valence-corrected chi connectivity index (χ3v) is 3.62. The SMILES string of the molecule is CN(Cc1cccc(Br)c1)S(C)(=O)=O. The molecule has 78 valence electrons. The third-order valence-electron chi connectivity index (χ3n) is 1.86. The molecule has 0 bridgehead atoms. The molecule has 0 aliphatic heterocycles. The summed E-state index contributed by atoms with van der Waals surface area (Å²) >= 11 is 3.33. The van der Waals surface area contributed by atoms with Gasteiger partial charge < -0.3 is 0 Å². The van der Waals surface area contributed by atoms with Gasteiger partial charge in [-0.2, -0.15) is 0 Å². The fourth-order valence-electron chi connectivity index (χ4n) is 1.01. The maximum Gasteiger partial charge on any atom is 0.211 e. The van der Waals surface area contributed by atoms with Gasteiger partial charge in [-0.1, -0.05) is 28.1 Å². The summed E-state index contributed by atoms with van der Waals surface area (Å²) in [4.78, 5) is 0. The van der Waals surface area contributed by atoms with E-state index < -0.39 is 10.0 Å². The highest BCUT2D eigenvalue weighted by molar-refractivity contribution is 9.10. The Hall–Kier alpha value is -0.390. The first-order chi connectivity index (χ1) is 6.39. The van der Waals surface area contributed by atoms with Gasteiger partial charge in [0.1, 0.15) is 0 Å². The summed E-state index contributed by atoms with van der Waals surface area (Å²) in [5, 5.41) is 0. The molecule has 0 aromatic heterocycles. The lowest BCUT2D eigenvalue weighted by molar-refractivity contribution is 0.472. The van der Waals surface area contributed by atoms with Gasteiger partial charge in [0.15, 0.2) is 0 Å². The molecule has 0 aliphatic carbocycles. The number of sulfonamides is 1. The van der Waals surface area contributed by atoms with Crippen LogP contribution in [0.5, 0.6) is 0 Å². The minimum Gasteiger partial charge on any atom is -0.213 e. The van der Waals surface area contributed by atoms with Crippen molar-refractivity contribution in [2.24, 2.45) is 0 Å². The Labute approximate surface area is 92.9 Å². The second-order valence-electron chi connectivity index (χ2n) is 3.15. The number of nitrogens with zero attached hydrogens (tertiary/aromatic N) is 1. The predicted octanol–water partition coefficient (Wildman–Crippen LogP) is 1.84. The lowest BCUT2D eigenvalue weighted by Crippen LogP contribution is -2.24. The molecule has 0 unspecified atom stereocenters. The molecule has 3 nitrogen and oxygen atoms in total. The predicted molar refractivity (Wildman–Crippen MR) is 60.5 cm³/mol. The van der Waals surface area contributed by atoms with Crippen molar-refractivity contribution in [2.45, 2.75) is 6.54 Å². The Morgan fingerprint density at radius 3 is 2.57 bits per heavy atom. The zero-order valence-electron chi connectivity index (χ0n) is 8.07. The highest BCUT2D eigenvalue weighted by Gasteiger charge is 2.10. The maximum atomic E-state index is 11.1. The first-order valence-electron chi connectivity index (χ1n) is 4.05. The van der Waals surface area contributed by atoms with Crippen LogP contribution in [0, 0.1) is 0 Å². The van der Waals surface area contributed by atoms with Crippen molar-refractivity contribution in [2.75, 3.05) is 13.3 Å². The molecule has 0 saturated heterocycles. The van der Waals surface area contributed by atoms with Gasteiger partial charge in [-0.25, -0.2) is 12.7 Å². The molecule has 0 heterocycles. The van der Waals surface area contributed by atoms with Crippen molar-refractivity contribution in [3.63, 3.8) is 0 Å². The van der Waals surface area contributed by atoms with E-state index in [1.54, 1.807) is 7.05 Å². The Morgan fingerprint density at radius 2 is 2.07 bits per heavy atom. The van der Waals surface area contributed by atoms with Crippen LogP contribution in [0.1, 0.15) is 5.56 Å². The highest BCUT2D eigenvalue weighted by atomic mass is 79.9. The molecule has 1 aromatic carbocycles. The smallest absolute Gasteiger partial charge is 0.211 e. The summed E-state index contributed by atoms with van der Waals surface area (Å²) in [5.41, 5.74) is 0.965. The molecule has 1 rings (SSSR count). The molecule has 0 fully saturated rings. The standard InChI is InChI=1S/C9H12BrNO2S/c1-11(14(2,12)13)7-8-4-3-5-9(10)6-8/h3-6H,7H2,1-2H3. The van der Waals surface area contributed by atoms with Crippen LogP contribution in [0.25, 0.3) is 0 Å². The molecule has 0 radical (unpaired) electrons. The monoisotopic (exact) mass is 277 g/mol. The van der Waals surface area contributed by atoms with E-state index in [2.05, 4.69) is 15.9 Å². The van der Waals surface area contributed by atoms with Crippen LogP contribution in [0.4, 0.5) is 0 Å². The van der Waals surface area contributed by atoms with Crippen molar-refractivity contribution in [1.82, 2.24) is 4.31 Å². The van der Waals surface area contributed by atoms with E-state index in [1.807, 2.05) is 24.3 Å². The minimum absolute atomic E-state index is 0.401. The Balaban J connectivity index is 2.80. The van der Waals surface area contributed by atoms with Crippen molar-refractivity contribution >= 4 is 26.0 Å². The number of hydrogen-bond acceptors (Lipinski definition) is 2. The van der Waals surface area contributed by atoms with Crippen LogP contribution < -0.4 is 0 Å². The van der Waals surface area contributed by atoms with Gasteiger partial charge in [-0.3, -0.25) is 0 Å². The molecule has 0 saturated carbocycles. The highest BCUT2D eigenvalue weighted by Crippen LogP contribution is 2.13. The first-order valence-corrected chi connectivity index (χ1v) is 6.69. The summed E-state index contributed by atoms with van der Waals surface area (Å²) in [6, 6.07) is 7.59. The third kappa shape index (κ3) is 3.40. The van der Waals surface area contributed by atoms with Crippen molar-refractivity contribution < 1.29 is 8.42 Å². The first kappa shape index (κ1) is 11.7. The molecule has 5 heteroatoms. The normalized spacial score (nSPS) is 12.0. The van der Waals surface area contributed by atoms with Crippen LogP contribution in [0.3, 0.4) is 0 Å². The van der Waals surface area contributed by atoms with Crippen LogP contribution >= 0.6 is 15.9 Å². The van der Waals surface area contributed by atoms with Crippen LogP contribution in [-0.2, 0) is 16.6 Å². The average Bonchev–Trinajstić information content (AvgIpc) is 2.02. The van der Waals surface area contributed by atoms with Crippen molar-refractivity contribution in [3.05, 3.63) is 34.3 Å². The number of halogens is 1. The van der Waals surface area contributed by atoms with Gasteiger partial charge in [0, 0.05) is 18.1 Å². The average molecular weight is 278 g/mol. The molecular weight excluding hydrogens is 266 g/mol. The van der Waals surface area contributed by atoms with E-state index in [4.69, 9.17) is 0 Å². The molecule has 0 N–H and O–H groups in total. The fourth-order valence-corrected chi connectivity index (χ4v) is 1.84. The lowest BCUT2D eigenvalue weighted by Gasteiger charge is -2.13. The van der Waals surface area contributed by atoms with Gasteiger partial charge in [-0.15, -0.1) is 0 Å². The molecule has 0 spiro atoms. The second-order valence-corrected chi connectivity index (χ2v) is 6.15. The Morgan fingerprint density at radius 1 is 1.43 bits per heavy atom. The molecular formula is C9H12BrNO2S. The molecule has 1 aromatic rings. The fraction of sp³-hybridized carbons (Fsp3) is 0.333. The Bertz CT molecular complexity index is 417. The van der Waals surface area contributed by atoms with Crippen LogP contribution in [0.15, 0.2) is 28.7 Å². The van der Waals surface area contributed by atoms with E-state index in [9.17, 15) is 8.42 Å². The van der Waals surface area contributed by atoms with Gasteiger partial charge in [0.05, 0.1) is 6.26 Å². The van der Waals surface area contributed by atoms with Crippen LogP contribution in [0.2, 0.25) is 0 Å². The summed E-state index contributed by atoms with van der Waals surface area (Å²) in [6.07, 6.45) is 1.20. The van der Waals surface area contributed by atoms with Gasteiger partial charge in [0.2, 0.25) is 10.0 Å². The van der Waals surface area contributed by atoms with Crippen molar-refractivity contribution in [3.8, 4) is 0 Å². The number of rotatable bonds is 3.